The van der Waals surface area contributed by atoms with Crippen molar-refractivity contribution in [3.8, 4) is 11.5 Å². The second-order valence-corrected chi connectivity index (χ2v) is 12.2. The van der Waals surface area contributed by atoms with Gasteiger partial charge < -0.3 is 38.3 Å². The van der Waals surface area contributed by atoms with Gasteiger partial charge in [-0.15, -0.1) is 0 Å². The first-order valence-corrected chi connectivity index (χ1v) is 13.1. The summed E-state index contributed by atoms with van der Waals surface area (Å²) in [5.41, 5.74) is -1.45. The summed E-state index contributed by atoms with van der Waals surface area (Å²) in [6, 6.07) is 0. The molecule has 3 fully saturated rings. The fourth-order valence-corrected chi connectivity index (χ4v) is 8.60. The second kappa shape index (κ2) is 7.62. The van der Waals surface area contributed by atoms with E-state index in [1.165, 1.54) is 21.1 Å². The van der Waals surface area contributed by atoms with Crippen molar-refractivity contribution in [2.45, 2.75) is 102 Å². The van der Waals surface area contributed by atoms with Gasteiger partial charge in [-0.1, -0.05) is 6.92 Å². The number of ether oxygens (including phenoxy) is 7. The van der Waals surface area contributed by atoms with Crippen LogP contribution in [0.25, 0.3) is 0 Å². The normalized spacial score (nSPS) is 41.7. The molecule has 4 aliphatic heterocycles. The minimum Gasteiger partial charge on any atom is -0.495 e. The van der Waals surface area contributed by atoms with E-state index in [0.717, 1.165) is 16.7 Å². The van der Waals surface area contributed by atoms with Gasteiger partial charge in [-0.3, -0.25) is 4.79 Å². The lowest BCUT2D eigenvalue weighted by atomic mass is 9.45. The van der Waals surface area contributed by atoms with Crippen molar-refractivity contribution < 1.29 is 47.9 Å². The third-order valence-electron chi connectivity index (χ3n) is 10.0. The van der Waals surface area contributed by atoms with Gasteiger partial charge >= 0.3 is 11.9 Å². The molecule has 4 heterocycles. The zero-order valence-corrected chi connectivity index (χ0v) is 23.2. The molecule has 10 nitrogen and oxygen atoms in total. The Balaban J connectivity index is 1.60. The van der Waals surface area contributed by atoms with Crippen LogP contribution in [0.5, 0.6) is 11.5 Å². The molecule has 208 valence electrons. The highest BCUT2D eigenvalue weighted by Crippen LogP contribution is 2.71. The van der Waals surface area contributed by atoms with Crippen LogP contribution in [-0.2, 0) is 41.5 Å². The minimum atomic E-state index is -1.48. The Kier molecular flexibility index (Phi) is 5.18. The van der Waals surface area contributed by atoms with E-state index in [9.17, 15) is 14.7 Å². The summed E-state index contributed by atoms with van der Waals surface area (Å²) in [6.45, 7) is 11.1. The molecule has 1 aromatic rings. The Labute approximate surface area is 221 Å². The second-order valence-electron chi connectivity index (χ2n) is 12.2. The molecule has 6 rings (SSSR count). The first-order chi connectivity index (χ1) is 17.7. The smallest absolute Gasteiger partial charge is 0.342 e. The van der Waals surface area contributed by atoms with Crippen LogP contribution in [0, 0.1) is 18.3 Å². The molecule has 1 aliphatic carbocycles. The van der Waals surface area contributed by atoms with Gasteiger partial charge in [0.25, 0.3) is 5.97 Å². The van der Waals surface area contributed by atoms with E-state index in [2.05, 4.69) is 0 Å². The molecule has 0 amide bonds. The molecule has 1 saturated carbocycles. The number of carbonyl (C=O) groups is 2. The molecule has 5 aliphatic rings. The van der Waals surface area contributed by atoms with Crippen molar-refractivity contribution in [3.05, 3.63) is 22.3 Å². The van der Waals surface area contributed by atoms with E-state index in [4.69, 9.17) is 33.2 Å². The number of cyclic esters (lactones) is 1. The predicted octanol–water partition coefficient (Wildman–Crippen LogP) is 2.95. The van der Waals surface area contributed by atoms with Crippen LogP contribution in [0.3, 0.4) is 0 Å². The number of carbonyl (C=O) groups excluding carboxylic acids is 2. The van der Waals surface area contributed by atoms with Crippen LogP contribution in [-0.4, -0.2) is 66.2 Å². The van der Waals surface area contributed by atoms with Crippen LogP contribution in [0.1, 0.15) is 74.5 Å². The van der Waals surface area contributed by atoms with E-state index in [1.807, 2.05) is 34.6 Å². The number of methoxy groups -OCH3 is 2. The molecule has 38 heavy (non-hydrogen) atoms. The SMILES string of the molecule is COc1c2c(c(C)c3c1C(=O)OC3)O[C@]1(C)C[C@H](O)[C@@]34O[C@@](OC)(C[C@H](OC(C)=O)[C@@]3(C)[C@H]1C2)OC4(C)C. The molecule has 10 heteroatoms. The molecule has 1 spiro atoms. The molecule has 7 atom stereocenters. The zero-order valence-electron chi connectivity index (χ0n) is 23.2. The predicted molar refractivity (Wildman–Crippen MR) is 131 cm³/mol. The maximum atomic E-state index is 12.7. The Bertz CT molecular complexity index is 1260. The molecular weight excluding hydrogens is 496 g/mol. The third-order valence-corrected chi connectivity index (χ3v) is 10.0. The number of rotatable bonds is 3. The summed E-state index contributed by atoms with van der Waals surface area (Å²) in [5.74, 6) is -1.63. The van der Waals surface area contributed by atoms with E-state index >= 15 is 0 Å². The highest BCUT2D eigenvalue weighted by Gasteiger charge is 2.84. The Morgan fingerprint density at radius 2 is 1.79 bits per heavy atom. The van der Waals surface area contributed by atoms with Gasteiger partial charge in [-0.25, -0.2) is 4.79 Å². The standard InChI is InChI=1S/C28H36O10/c1-13-16-12-34-23(31)20(16)22(32-7)15-9-17-25(5,36-21(13)15)10-18(30)28-24(3,4)37-27(33-8,38-28)11-19(26(17,28)6)35-14(2)29/h17-19,30H,9-12H2,1-8H3/t17-,18-,19-,25+,26+,27+,28-/m0/s1. The summed E-state index contributed by atoms with van der Waals surface area (Å²) in [5, 5.41) is 12.0. The van der Waals surface area contributed by atoms with Gasteiger partial charge in [0.2, 0.25) is 0 Å². The van der Waals surface area contributed by atoms with Crippen molar-refractivity contribution in [2.24, 2.45) is 11.3 Å². The van der Waals surface area contributed by atoms with Crippen LogP contribution in [0.15, 0.2) is 0 Å². The van der Waals surface area contributed by atoms with Gasteiger partial charge in [-0.05, 0) is 39.7 Å². The molecule has 0 radical (unpaired) electrons. The zero-order chi connectivity index (χ0) is 27.6. The summed E-state index contributed by atoms with van der Waals surface area (Å²) in [4.78, 5) is 25.1. The Morgan fingerprint density at radius 3 is 2.42 bits per heavy atom. The van der Waals surface area contributed by atoms with E-state index < -0.39 is 52.3 Å². The monoisotopic (exact) mass is 532 g/mol. The van der Waals surface area contributed by atoms with Crippen LogP contribution in [0.4, 0.5) is 0 Å². The van der Waals surface area contributed by atoms with Gasteiger partial charge in [0.05, 0.1) is 19.6 Å². The first-order valence-electron chi connectivity index (χ1n) is 13.1. The summed E-state index contributed by atoms with van der Waals surface area (Å²) >= 11 is 0. The van der Waals surface area contributed by atoms with Crippen LogP contribution in [0.2, 0.25) is 0 Å². The van der Waals surface area contributed by atoms with Crippen molar-refractivity contribution in [1.82, 2.24) is 0 Å². The van der Waals surface area contributed by atoms with Crippen molar-refractivity contribution in [3.63, 3.8) is 0 Å². The highest BCUT2D eigenvalue weighted by molar-refractivity contribution is 5.98. The molecule has 2 saturated heterocycles. The largest absolute Gasteiger partial charge is 0.495 e. The van der Waals surface area contributed by atoms with Crippen LogP contribution >= 0.6 is 0 Å². The highest BCUT2D eigenvalue weighted by atomic mass is 16.9. The lowest BCUT2D eigenvalue weighted by Crippen LogP contribution is -2.80. The van der Waals surface area contributed by atoms with E-state index in [1.54, 1.807) is 0 Å². The average molecular weight is 533 g/mol. The number of hydrogen-bond donors (Lipinski definition) is 1. The van der Waals surface area contributed by atoms with Gasteiger partial charge in [-0.2, -0.15) is 0 Å². The number of benzene rings is 1. The van der Waals surface area contributed by atoms with Gasteiger partial charge in [0, 0.05) is 42.9 Å². The minimum absolute atomic E-state index is 0.115. The molecule has 2 bridgehead atoms. The Morgan fingerprint density at radius 1 is 1.08 bits per heavy atom. The molecule has 0 unspecified atom stereocenters. The molecular formula is C28H36O10. The number of hydrogen-bond acceptors (Lipinski definition) is 10. The molecule has 0 aromatic heterocycles. The quantitative estimate of drug-likeness (QED) is 0.582. The maximum absolute atomic E-state index is 12.7. The van der Waals surface area contributed by atoms with E-state index in [-0.39, 0.29) is 25.4 Å². The molecule has 1 N–H and O–H groups in total. The van der Waals surface area contributed by atoms with Crippen molar-refractivity contribution >= 4 is 11.9 Å². The average Bonchev–Trinajstić information content (AvgIpc) is 3.31. The summed E-state index contributed by atoms with van der Waals surface area (Å²) in [7, 11) is 3.01. The third kappa shape index (κ3) is 2.82. The van der Waals surface area contributed by atoms with Gasteiger partial charge in [0.15, 0.2) is 0 Å². The maximum Gasteiger partial charge on any atom is 0.342 e. The number of aliphatic hydroxyl groups is 1. The van der Waals surface area contributed by atoms with Crippen LogP contribution < -0.4 is 9.47 Å². The number of aliphatic hydroxyl groups excluding tert-OH is 1. The topological polar surface area (TPSA) is 119 Å². The Hall–Kier alpha value is -2.40. The van der Waals surface area contributed by atoms with Crippen molar-refractivity contribution in [1.29, 1.82) is 0 Å². The lowest BCUT2D eigenvalue weighted by molar-refractivity contribution is -0.410. The lowest BCUT2D eigenvalue weighted by Gasteiger charge is -2.67. The summed E-state index contributed by atoms with van der Waals surface area (Å²) in [6.07, 6.45) is -0.990. The van der Waals surface area contributed by atoms with E-state index in [0.29, 0.717) is 23.5 Å². The number of esters is 2. The molecule has 1 aromatic carbocycles. The van der Waals surface area contributed by atoms with Crippen molar-refractivity contribution in [2.75, 3.05) is 14.2 Å². The fraction of sp³-hybridized carbons (Fsp3) is 0.714. The number of fused-ring (bicyclic) bond motifs is 5. The first kappa shape index (κ1) is 25.9. The summed E-state index contributed by atoms with van der Waals surface area (Å²) < 4.78 is 42.9. The van der Waals surface area contributed by atoms with Gasteiger partial charge in [0.1, 0.15) is 46.6 Å². The fourth-order valence-electron chi connectivity index (χ4n) is 8.60.